The molecule has 2 unspecified atom stereocenters. The molecule has 1 saturated heterocycles. The van der Waals surface area contributed by atoms with Gasteiger partial charge < -0.3 is 15.3 Å². The van der Waals surface area contributed by atoms with E-state index < -0.39 is 0 Å². The van der Waals surface area contributed by atoms with E-state index in [9.17, 15) is 14.7 Å². The first-order valence-electron chi connectivity index (χ1n) is 5.71. The second kappa shape index (κ2) is 5.84. The lowest BCUT2D eigenvalue weighted by Gasteiger charge is -2.34. The summed E-state index contributed by atoms with van der Waals surface area (Å²) in [5.74, 6) is 0.0706. The molecule has 0 bridgehead atoms. The number of aliphatic hydroxyl groups excluding tert-OH is 1. The minimum atomic E-state index is -0.292. The Morgan fingerprint density at radius 3 is 2.75 bits per heavy atom. The van der Waals surface area contributed by atoms with Crippen LogP contribution in [-0.4, -0.2) is 47.6 Å². The van der Waals surface area contributed by atoms with Gasteiger partial charge in [0.2, 0.25) is 11.8 Å². The van der Waals surface area contributed by atoms with Gasteiger partial charge in [0.15, 0.2) is 0 Å². The maximum atomic E-state index is 11.7. The summed E-state index contributed by atoms with van der Waals surface area (Å²) in [4.78, 5) is 24.1. The summed E-state index contributed by atoms with van der Waals surface area (Å²) in [6, 6.07) is 0. The number of amides is 2. The third-order valence-electron chi connectivity index (χ3n) is 2.93. The highest BCUT2D eigenvalue weighted by atomic mass is 16.3. The van der Waals surface area contributed by atoms with Crippen LogP contribution in [0.1, 0.15) is 26.7 Å². The highest BCUT2D eigenvalue weighted by molar-refractivity contribution is 5.78. The Labute approximate surface area is 95.8 Å². The second-order valence-electron chi connectivity index (χ2n) is 4.41. The minimum absolute atomic E-state index is 0.0486. The van der Waals surface area contributed by atoms with Gasteiger partial charge in [-0.2, -0.15) is 0 Å². The van der Waals surface area contributed by atoms with Crippen LogP contribution in [0.15, 0.2) is 0 Å². The zero-order valence-electron chi connectivity index (χ0n) is 9.90. The molecule has 1 aliphatic rings. The van der Waals surface area contributed by atoms with E-state index in [-0.39, 0.29) is 23.8 Å². The smallest absolute Gasteiger partial charge is 0.224 e. The average Bonchev–Trinajstić information content (AvgIpc) is 2.21. The molecular formula is C11H20N2O3. The Morgan fingerprint density at radius 2 is 2.19 bits per heavy atom. The predicted molar refractivity (Wildman–Crippen MR) is 59.7 cm³/mol. The van der Waals surface area contributed by atoms with Crippen LogP contribution < -0.4 is 5.32 Å². The van der Waals surface area contributed by atoms with E-state index in [2.05, 4.69) is 5.32 Å². The van der Waals surface area contributed by atoms with Gasteiger partial charge in [0.05, 0.1) is 6.10 Å². The summed E-state index contributed by atoms with van der Waals surface area (Å²) in [6.45, 7) is 4.99. The fourth-order valence-corrected chi connectivity index (χ4v) is 1.86. The van der Waals surface area contributed by atoms with E-state index in [1.807, 2.05) is 6.92 Å². The molecule has 92 valence electrons. The van der Waals surface area contributed by atoms with Gasteiger partial charge in [-0.1, -0.05) is 6.92 Å². The topological polar surface area (TPSA) is 69.6 Å². The molecule has 2 amide bonds. The molecule has 1 aliphatic heterocycles. The highest BCUT2D eigenvalue weighted by Gasteiger charge is 2.26. The van der Waals surface area contributed by atoms with Crippen molar-refractivity contribution in [3.8, 4) is 0 Å². The second-order valence-corrected chi connectivity index (χ2v) is 4.41. The number of hydrogen-bond acceptors (Lipinski definition) is 3. The van der Waals surface area contributed by atoms with E-state index in [1.165, 1.54) is 6.92 Å². The number of aliphatic hydroxyl groups is 1. The standard InChI is InChI=1S/C11H20N2O3/c1-8-7-13(6-4-10(8)15)11(16)3-5-12-9(2)14/h8,10,15H,3-7H2,1-2H3,(H,12,14). The van der Waals surface area contributed by atoms with Crippen LogP contribution in [0.5, 0.6) is 0 Å². The number of nitrogens with zero attached hydrogens (tertiary/aromatic N) is 1. The number of nitrogens with one attached hydrogen (secondary N) is 1. The van der Waals surface area contributed by atoms with Gasteiger partial charge in [0, 0.05) is 33.0 Å². The Balaban J connectivity index is 2.29. The van der Waals surface area contributed by atoms with E-state index in [0.29, 0.717) is 32.5 Å². The van der Waals surface area contributed by atoms with Gasteiger partial charge in [0.25, 0.3) is 0 Å². The third-order valence-corrected chi connectivity index (χ3v) is 2.93. The van der Waals surface area contributed by atoms with Crippen LogP contribution in [-0.2, 0) is 9.59 Å². The van der Waals surface area contributed by atoms with E-state index in [4.69, 9.17) is 0 Å². The Hall–Kier alpha value is -1.10. The van der Waals surface area contributed by atoms with Crippen molar-refractivity contribution in [2.75, 3.05) is 19.6 Å². The van der Waals surface area contributed by atoms with Gasteiger partial charge in [-0.3, -0.25) is 9.59 Å². The molecule has 5 nitrogen and oxygen atoms in total. The molecule has 0 aromatic rings. The molecule has 0 aromatic heterocycles. The molecule has 0 aliphatic carbocycles. The Kier molecular flexibility index (Phi) is 4.73. The van der Waals surface area contributed by atoms with Gasteiger partial charge in [-0.15, -0.1) is 0 Å². The molecule has 0 spiro atoms. The quantitative estimate of drug-likeness (QED) is 0.699. The predicted octanol–water partition coefficient (Wildman–Crippen LogP) is -0.258. The summed E-state index contributed by atoms with van der Waals surface area (Å²) in [5.41, 5.74) is 0. The normalized spacial score (nSPS) is 25.3. The molecule has 5 heteroatoms. The lowest BCUT2D eigenvalue weighted by molar-refractivity contribution is -0.134. The molecule has 1 fully saturated rings. The molecule has 0 saturated carbocycles. The number of hydrogen-bond donors (Lipinski definition) is 2. The van der Waals surface area contributed by atoms with Gasteiger partial charge >= 0.3 is 0 Å². The average molecular weight is 228 g/mol. The molecule has 16 heavy (non-hydrogen) atoms. The number of piperidine rings is 1. The molecule has 2 N–H and O–H groups in total. The van der Waals surface area contributed by atoms with Crippen molar-refractivity contribution in [3.63, 3.8) is 0 Å². The first-order valence-corrected chi connectivity index (χ1v) is 5.71. The number of carbonyl (C=O) groups excluding carboxylic acids is 2. The maximum absolute atomic E-state index is 11.7. The maximum Gasteiger partial charge on any atom is 0.224 e. The zero-order valence-corrected chi connectivity index (χ0v) is 9.90. The minimum Gasteiger partial charge on any atom is -0.393 e. The molecule has 0 radical (unpaired) electrons. The summed E-state index contributed by atoms with van der Waals surface area (Å²) in [7, 11) is 0. The lowest BCUT2D eigenvalue weighted by atomic mass is 9.96. The molecule has 1 heterocycles. The van der Waals surface area contributed by atoms with Gasteiger partial charge in [-0.05, 0) is 12.3 Å². The summed E-state index contributed by atoms with van der Waals surface area (Å²) < 4.78 is 0. The number of likely N-dealkylation sites (tertiary alicyclic amines) is 1. The van der Waals surface area contributed by atoms with E-state index >= 15 is 0 Å². The Bertz CT molecular complexity index is 268. The van der Waals surface area contributed by atoms with Crippen LogP contribution >= 0.6 is 0 Å². The first-order chi connectivity index (χ1) is 7.50. The SMILES string of the molecule is CC(=O)NCCC(=O)N1CCC(O)C(C)C1. The van der Waals surface area contributed by atoms with Crippen molar-refractivity contribution in [2.45, 2.75) is 32.8 Å². The largest absolute Gasteiger partial charge is 0.393 e. The van der Waals surface area contributed by atoms with Crippen molar-refractivity contribution < 1.29 is 14.7 Å². The first kappa shape index (κ1) is 13.0. The van der Waals surface area contributed by atoms with Gasteiger partial charge in [0.1, 0.15) is 0 Å². The van der Waals surface area contributed by atoms with Crippen molar-refractivity contribution >= 4 is 11.8 Å². The van der Waals surface area contributed by atoms with Crippen LogP contribution in [0.3, 0.4) is 0 Å². The number of rotatable bonds is 3. The van der Waals surface area contributed by atoms with Crippen molar-refractivity contribution in [3.05, 3.63) is 0 Å². The fourth-order valence-electron chi connectivity index (χ4n) is 1.86. The highest BCUT2D eigenvalue weighted by Crippen LogP contribution is 2.16. The molecule has 0 aromatic carbocycles. The summed E-state index contributed by atoms with van der Waals surface area (Å²) in [5, 5.41) is 12.1. The third kappa shape index (κ3) is 3.81. The van der Waals surface area contributed by atoms with Crippen LogP contribution in [0, 0.1) is 5.92 Å². The fraction of sp³-hybridized carbons (Fsp3) is 0.818. The van der Waals surface area contributed by atoms with Crippen molar-refractivity contribution in [1.29, 1.82) is 0 Å². The van der Waals surface area contributed by atoms with Crippen molar-refractivity contribution in [1.82, 2.24) is 10.2 Å². The van der Waals surface area contributed by atoms with Gasteiger partial charge in [-0.25, -0.2) is 0 Å². The molecule has 2 atom stereocenters. The number of carbonyl (C=O) groups is 2. The van der Waals surface area contributed by atoms with E-state index in [1.54, 1.807) is 4.90 Å². The van der Waals surface area contributed by atoms with Crippen LogP contribution in [0.25, 0.3) is 0 Å². The molecular weight excluding hydrogens is 208 g/mol. The lowest BCUT2D eigenvalue weighted by Crippen LogP contribution is -2.45. The van der Waals surface area contributed by atoms with E-state index in [0.717, 1.165) is 0 Å². The monoisotopic (exact) mass is 228 g/mol. The summed E-state index contributed by atoms with van der Waals surface area (Å²) in [6.07, 6.45) is 0.689. The van der Waals surface area contributed by atoms with Crippen LogP contribution in [0.4, 0.5) is 0 Å². The Morgan fingerprint density at radius 1 is 1.50 bits per heavy atom. The zero-order chi connectivity index (χ0) is 12.1. The van der Waals surface area contributed by atoms with Crippen LogP contribution in [0.2, 0.25) is 0 Å². The van der Waals surface area contributed by atoms with Crippen molar-refractivity contribution in [2.24, 2.45) is 5.92 Å². The summed E-state index contributed by atoms with van der Waals surface area (Å²) >= 11 is 0. The molecule has 1 rings (SSSR count).